The molecule has 2 aromatic rings. The third kappa shape index (κ3) is 3.98. The molecular weight excluding hydrogens is 282 g/mol. The van der Waals surface area contributed by atoms with Gasteiger partial charge in [-0.15, -0.1) is 0 Å². The minimum Gasteiger partial charge on any atom is -0.493 e. The van der Waals surface area contributed by atoms with Crippen LogP contribution in [0, 0.1) is 0 Å². The molecule has 0 spiro atoms. The minimum absolute atomic E-state index is 0.637. The highest BCUT2D eigenvalue weighted by Gasteiger charge is 2.12. The van der Waals surface area contributed by atoms with Crippen LogP contribution >= 0.6 is 0 Å². The summed E-state index contributed by atoms with van der Waals surface area (Å²) in [5, 5.41) is 3.93. The van der Waals surface area contributed by atoms with Gasteiger partial charge in [0, 0.05) is 13.0 Å². The first-order chi connectivity index (χ1) is 10.7. The molecule has 0 fully saturated rings. The second-order valence-electron chi connectivity index (χ2n) is 4.95. The van der Waals surface area contributed by atoms with Crippen molar-refractivity contribution in [3.8, 4) is 11.5 Å². The molecule has 0 N–H and O–H groups in total. The van der Waals surface area contributed by atoms with E-state index >= 15 is 0 Å². The molecule has 0 atom stereocenters. The lowest BCUT2D eigenvalue weighted by atomic mass is 10.2. The molecule has 0 aliphatic heterocycles. The highest BCUT2D eigenvalue weighted by molar-refractivity contribution is 5.42. The lowest BCUT2D eigenvalue weighted by molar-refractivity contribution is 0.228. The summed E-state index contributed by atoms with van der Waals surface area (Å²) in [6, 6.07) is 5.95. The maximum atomic E-state index is 5.34. The summed E-state index contributed by atoms with van der Waals surface area (Å²) < 4.78 is 15.9. The summed E-state index contributed by atoms with van der Waals surface area (Å²) in [5.41, 5.74) is 1.15. The summed E-state index contributed by atoms with van der Waals surface area (Å²) in [7, 11) is 3.28. The zero-order valence-corrected chi connectivity index (χ0v) is 13.6. The Hall–Kier alpha value is -2.08. The highest BCUT2D eigenvalue weighted by Crippen LogP contribution is 2.28. The van der Waals surface area contributed by atoms with Crippen LogP contribution in [0.4, 0.5) is 0 Å². The number of aromatic nitrogens is 2. The molecule has 6 nitrogen and oxygen atoms in total. The van der Waals surface area contributed by atoms with Crippen molar-refractivity contribution in [2.75, 3.05) is 20.8 Å². The van der Waals surface area contributed by atoms with Gasteiger partial charge in [0.1, 0.15) is 0 Å². The molecule has 0 aliphatic carbocycles. The van der Waals surface area contributed by atoms with Crippen molar-refractivity contribution < 1.29 is 14.0 Å². The molecule has 1 aromatic heterocycles. The molecule has 0 aliphatic rings. The van der Waals surface area contributed by atoms with Crippen molar-refractivity contribution in [1.82, 2.24) is 15.0 Å². The Morgan fingerprint density at radius 2 is 1.86 bits per heavy atom. The van der Waals surface area contributed by atoms with Crippen molar-refractivity contribution in [1.29, 1.82) is 0 Å². The number of methoxy groups -OCH3 is 2. The number of hydrogen-bond acceptors (Lipinski definition) is 6. The van der Waals surface area contributed by atoms with Gasteiger partial charge in [-0.25, -0.2) is 0 Å². The minimum atomic E-state index is 0.637. The van der Waals surface area contributed by atoms with Crippen LogP contribution in [0.1, 0.15) is 31.1 Å². The van der Waals surface area contributed by atoms with Crippen molar-refractivity contribution in [3.63, 3.8) is 0 Å². The molecule has 0 amide bonds. The van der Waals surface area contributed by atoms with Gasteiger partial charge in [0.15, 0.2) is 17.3 Å². The zero-order valence-electron chi connectivity index (χ0n) is 13.6. The SMILES string of the molecule is CCc1noc(CN(CC)Cc2ccc(OC)c(OC)c2)n1. The summed E-state index contributed by atoms with van der Waals surface area (Å²) in [6.45, 7) is 6.42. The van der Waals surface area contributed by atoms with Crippen LogP contribution in [0.25, 0.3) is 0 Å². The van der Waals surface area contributed by atoms with Gasteiger partial charge < -0.3 is 14.0 Å². The van der Waals surface area contributed by atoms with Gasteiger partial charge >= 0.3 is 0 Å². The van der Waals surface area contributed by atoms with Gasteiger partial charge in [-0.2, -0.15) is 4.98 Å². The van der Waals surface area contributed by atoms with Crippen LogP contribution in [0.15, 0.2) is 22.7 Å². The van der Waals surface area contributed by atoms with E-state index < -0.39 is 0 Å². The van der Waals surface area contributed by atoms with E-state index in [2.05, 4.69) is 22.0 Å². The lowest BCUT2D eigenvalue weighted by Gasteiger charge is -2.19. The van der Waals surface area contributed by atoms with Crippen molar-refractivity contribution in [2.45, 2.75) is 33.4 Å². The topological polar surface area (TPSA) is 60.6 Å². The summed E-state index contributed by atoms with van der Waals surface area (Å²) in [5.74, 6) is 2.87. The van der Waals surface area contributed by atoms with Gasteiger partial charge in [-0.3, -0.25) is 4.90 Å². The second-order valence-corrected chi connectivity index (χ2v) is 4.95. The van der Waals surface area contributed by atoms with Gasteiger partial charge in [0.25, 0.3) is 0 Å². The van der Waals surface area contributed by atoms with Crippen LogP contribution in [0.2, 0.25) is 0 Å². The van der Waals surface area contributed by atoms with E-state index in [0.29, 0.717) is 12.4 Å². The number of ether oxygens (including phenoxy) is 2. The molecule has 1 heterocycles. The zero-order chi connectivity index (χ0) is 15.9. The molecule has 0 saturated heterocycles. The summed E-state index contributed by atoms with van der Waals surface area (Å²) in [4.78, 5) is 6.59. The number of benzene rings is 1. The monoisotopic (exact) mass is 305 g/mol. The molecule has 120 valence electrons. The largest absolute Gasteiger partial charge is 0.493 e. The Labute approximate surface area is 131 Å². The smallest absolute Gasteiger partial charge is 0.240 e. The van der Waals surface area contributed by atoms with Gasteiger partial charge in [-0.05, 0) is 24.2 Å². The average molecular weight is 305 g/mol. The molecule has 22 heavy (non-hydrogen) atoms. The maximum Gasteiger partial charge on any atom is 0.240 e. The van der Waals surface area contributed by atoms with Gasteiger partial charge in [-0.1, -0.05) is 25.1 Å². The fraction of sp³-hybridized carbons (Fsp3) is 0.500. The Kier molecular flexibility index (Phi) is 5.77. The van der Waals surface area contributed by atoms with Crippen LogP contribution < -0.4 is 9.47 Å². The summed E-state index contributed by atoms with van der Waals surface area (Å²) in [6.07, 6.45) is 0.783. The van der Waals surface area contributed by atoms with E-state index in [4.69, 9.17) is 14.0 Å². The predicted molar refractivity (Wildman–Crippen MR) is 83.0 cm³/mol. The molecule has 0 saturated carbocycles. The predicted octanol–water partition coefficient (Wildman–Crippen LogP) is 2.67. The first-order valence-corrected chi connectivity index (χ1v) is 7.44. The normalized spacial score (nSPS) is 11.0. The number of rotatable bonds is 8. The number of hydrogen-bond donors (Lipinski definition) is 0. The Balaban J connectivity index is 2.06. The van der Waals surface area contributed by atoms with E-state index in [1.165, 1.54) is 0 Å². The molecule has 2 rings (SSSR count). The standard InChI is InChI=1S/C16H23N3O3/c1-5-15-17-16(22-18-15)11-19(6-2)10-12-7-8-13(20-3)14(9-12)21-4/h7-9H,5-6,10-11H2,1-4H3. The quantitative estimate of drug-likeness (QED) is 0.747. The van der Waals surface area contributed by atoms with Gasteiger partial charge in [0.05, 0.1) is 20.8 Å². The van der Waals surface area contributed by atoms with Crippen LogP contribution in [0.5, 0.6) is 11.5 Å². The average Bonchev–Trinajstić information content (AvgIpc) is 3.01. The molecule has 0 radical (unpaired) electrons. The van der Waals surface area contributed by atoms with Crippen LogP contribution in [-0.2, 0) is 19.5 Å². The first-order valence-electron chi connectivity index (χ1n) is 7.44. The fourth-order valence-corrected chi connectivity index (χ4v) is 2.21. The summed E-state index contributed by atoms with van der Waals surface area (Å²) >= 11 is 0. The highest BCUT2D eigenvalue weighted by atomic mass is 16.5. The molecule has 0 bridgehead atoms. The van der Waals surface area contributed by atoms with Crippen molar-refractivity contribution in [2.24, 2.45) is 0 Å². The van der Waals surface area contributed by atoms with E-state index in [-0.39, 0.29) is 0 Å². The fourth-order valence-electron chi connectivity index (χ4n) is 2.21. The second kappa shape index (κ2) is 7.79. The third-order valence-corrected chi connectivity index (χ3v) is 3.49. The van der Waals surface area contributed by atoms with E-state index in [1.807, 2.05) is 25.1 Å². The van der Waals surface area contributed by atoms with Crippen LogP contribution in [0.3, 0.4) is 0 Å². The third-order valence-electron chi connectivity index (χ3n) is 3.49. The molecule has 1 aromatic carbocycles. The number of nitrogens with zero attached hydrogens (tertiary/aromatic N) is 3. The Morgan fingerprint density at radius 1 is 1.09 bits per heavy atom. The first kappa shape index (κ1) is 16.3. The van der Waals surface area contributed by atoms with E-state index in [1.54, 1.807) is 14.2 Å². The Morgan fingerprint density at radius 3 is 2.45 bits per heavy atom. The van der Waals surface area contributed by atoms with Crippen LogP contribution in [-0.4, -0.2) is 35.8 Å². The van der Waals surface area contributed by atoms with Gasteiger partial charge in [0.2, 0.25) is 5.89 Å². The lowest BCUT2D eigenvalue weighted by Crippen LogP contribution is -2.22. The molecule has 6 heteroatoms. The molecular formula is C16H23N3O3. The molecule has 0 unspecified atom stereocenters. The van der Waals surface area contributed by atoms with E-state index in [0.717, 1.165) is 42.4 Å². The maximum absolute atomic E-state index is 5.34. The van der Waals surface area contributed by atoms with Crippen molar-refractivity contribution >= 4 is 0 Å². The van der Waals surface area contributed by atoms with E-state index in [9.17, 15) is 0 Å². The van der Waals surface area contributed by atoms with Crippen molar-refractivity contribution in [3.05, 3.63) is 35.5 Å². The Bertz CT molecular complexity index is 598. The number of aryl methyl sites for hydroxylation is 1.